The van der Waals surface area contributed by atoms with Gasteiger partial charge in [0.25, 0.3) is 0 Å². The van der Waals surface area contributed by atoms with E-state index in [1.54, 1.807) is 10.8 Å². The van der Waals surface area contributed by atoms with Crippen LogP contribution in [-0.2, 0) is 12.8 Å². The van der Waals surface area contributed by atoms with Gasteiger partial charge in [-0.2, -0.15) is 9.78 Å². The van der Waals surface area contributed by atoms with Gasteiger partial charge in [0, 0.05) is 25.8 Å². The normalized spacial score (nSPS) is 16.4. The number of anilines is 2. The van der Waals surface area contributed by atoms with Crippen LogP contribution in [0, 0.1) is 11.3 Å². The fourth-order valence-electron chi connectivity index (χ4n) is 3.76. The highest BCUT2D eigenvalue weighted by atomic mass is 15.4. The van der Waals surface area contributed by atoms with E-state index in [1.165, 1.54) is 5.56 Å². The molecule has 1 fully saturated rings. The largest absolute Gasteiger partial charge is 0.352 e. The summed E-state index contributed by atoms with van der Waals surface area (Å²) >= 11 is 0. The summed E-state index contributed by atoms with van der Waals surface area (Å²) in [5.41, 5.74) is 3.81. The fourth-order valence-corrected chi connectivity index (χ4v) is 3.76. The first-order valence-electron chi connectivity index (χ1n) is 8.80. The SMILES string of the molecule is CN(c1nc2c(cc1C#N)CCC2)C1CN(c2ccc3nncn3n2)C1. The predicted octanol–water partition coefficient (Wildman–Crippen LogP) is 1.20. The predicted molar refractivity (Wildman–Crippen MR) is 96.2 cm³/mol. The van der Waals surface area contributed by atoms with Crippen molar-refractivity contribution >= 4 is 17.3 Å². The number of aromatic nitrogens is 5. The summed E-state index contributed by atoms with van der Waals surface area (Å²) in [6, 6.07) is 8.55. The quantitative estimate of drug-likeness (QED) is 0.704. The van der Waals surface area contributed by atoms with Crippen LogP contribution in [0.3, 0.4) is 0 Å². The van der Waals surface area contributed by atoms with Crippen LogP contribution >= 0.6 is 0 Å². The van der Waals surface area contributed by atoms with Gasteiger partial charge in [0.1, 0.15) is 24.0 Å². The Morgan fingerprint density at radius 1 is 1.27 bits per heavy atom. The van der Waals surface area contributed by atoms with Gasteiger partial charge >= 0.3 is 0 Å². The summed E-state index contributed by atoms with van der Waals surface area (Å²) in [4.78, 5) is 9.16. The minimum Gasteiger partial charge on any atom is -0.352 e. The number of likely N-dealkylation sites (N-methyl/N-ethyl adjacent to an activating group) is 1. The minimum absolute atomic E-state index is 0.312. The number of rotatable bonds is 3. The topological polar surface area (TPSA) is 86.2 Å². The average molecular weight is 346 g/mol. The van der Waals surface area contributed by atoms with Gasteiger partial charge in [0.05, 0.1) is 11.6 Å². The van der Waals surface area contributed by atoms with E-state index in [4.69, 9.17) is 4.98 Å². The maximum atomic E-state index is 9.53. The number of fused-ring (bicyclic) bond motifs is 2. The number of nitrogens with zero attached hydrogens (tertiary/aromatic N) is 8. The van der Waals surface area contributed by atoms with Crippen LogP contribution in [0.15, 0.2) is 24.5 Å². The number of hydrogen-bond donors (Lipinski definition) is 0. The lowest BCUT2D eigenvalue weighted by Gasteiger charge is -2.45. The fraction of sp³-hybridized carbons (Fsp3) is 0.389. The zero-order valence-corrected chi connectivity index (χ0v) is 14.5. The number of nitriles is 1. The molecule has 0 spiro atoms. The lowest BCUT2D eigenvalue weighted by molar-refractivity contribution is 0.486. The van der Waals surface area contributed by atoms with Crippen molar-refractivity contribution in [2.45, 2.75) is 25.3 Å². The molecule has 0 aromatic carbocycles. The molecule has 0 N–H and O–H groups in total. The Kier molecular flexibility index (Phi) is 3.28. The number of hydrogen-bond acceptors (Lipinski definition) is 7. The van der Waals surface area contributed by atoms with Gasteiger partial charge in [-0.25, -0.2) is 4.98 Å². The first-order valence-corrected chi connectivity index (χ1v) is 8.80. The van der Waals surface area contributed by atoms with Gasteiger partial charge in [-0.1, -0.05) is 0 Å². The molecule has 3 aromatic rings. The standard InChI is InChI=1S/C18H18N8/c1-24(18-13(8-19)7-12-3-2-4-15(12)21-18)14-9-25(10-14)17-6-5-16-22-20-11-26(16)23-17/h5-7,11,14H,2-4,9-10H2,1H3. The third-order valence-electron chi connectivity index (χ3n) is 5.37. The maximum absolute atomic E-state index is 9.53. The Hall–Kier alpha value is -3.21. The van der Waals surface area contributed by atoms with Gasteiger partial charge in [0.15, 0.2) is 5.65 Å². The summed E-state index contributed by atoms with van der Waals surface area (Å²) in [5, 5.41) is 21.9. The van der Waals surface area contributed by atoms with Gasteiger partial charge in [-0.05, 0) is 43.0 Å². The van der Waals surface area contributed by atoms with E-state index in [1.807, 2.05) is 25.2 Å². The second kappa shape index (κ2) is 5.66. The molecule has 2 aliphatic rings. The second-order valence-corrected chi connectivity index (χ2v) is 6.93. The zero-order chi connectivity index (χ0) is 17.7. The zero-order valence-electron chi connectivity index (χ0n) is 14.5. The molecule has 3 aromatic heterocycles. The monoisotopic (exact) mass is 346 g/mol. The third kappa shape index (κ3) is 2.28. The Labute approximate surface area is 150 Å². The van der Waals surface area contributed by atoms with Crippen molar-refractivity contribution in [1.82, 2.24) is 24.8 Å². The molecular formula is C18H18N8. The molecule has 0 bridgehead atoms. The number of pyridine rings is 1. The van der Waals surface area contributed by atoms with Crippen LogP contribution in [0.4, 0.5) is 11.6 Å². The highest BCUT2D eigenvalue weighted by Gasteiger charge is 2.33. The third-order valence-corrected chi connectivity index (χ3v) is 5.37. The maximum Gasteiger partial charge on any atom is 0.177 e. The Balaban J connectivity index is 1.35. The van der Waals surface area contributed by atoms with Gasteiger partial charge < -0.3 is 9.80 Å². The second-order valence-electron chi connectivity index (χ2n) is 6.93. The van der Waals surface area contributed by atoms with Crippen LogP contribution in [0.1, 0.15) is 23.2 Å². The first-order chi connectivity index (χ1) is 12.7. The summed E-state index contributed by atoms with van der Waals surface area (Å²) in [7, 11) is 2.03. The smallest absolute Gasteiger partial charge is 0.177 e. The molecule has 130 valence electrons. The van der Waals surface area contributed by atoms with Crippen molar-refractivity contribution in [3.63, 3.8) is 0 Å². The van der Waals surface area contributed by atoms with Crippen molar-refractivity contribution in [3.05, 3.63) is 41.3 Å². The van der Waals surface area contributed by atoms with Crippen LogP contribution in [0.25, 0.3) is 5.65 Å². The highest BCUT2D eigenvalue weighted by molar-refractivity contribution is 5.59. The van der Waals surface area contributed by atoms with Gasteiger partial charge in [0.2, 0.25) is 0 Å². The summed E-state index contributed by atoms with van der Waals surface area (Å²) in [6.45, 7) is 1.70. The van der Waals surface area contributed by atoms with Crippen molar-refractivity contribution in [2.75, 3.05) is 29.9 Å². The molecule has 0 radical (unpaired) electrons. The number of aryl methyl sites for hydroxylation is 2. The average Bonchev–Trinajstić information content (AvgIpc) is 3.27. The van der Waals surface area contributed by atoms with E-state index >= 15 is 0 Å². The minimum atomic E-state index is 0.312. The molecule has 0 atom stereocenters. The van der Waals surface area contributed by atoms with E-state index in [-0.39, 0.29) is 0 Å². The first kappa shape index (κ1) is 15.1. The van der Waals surface area contributed by atoms with E-state index in [9.17, 15) is 5.26 Å². The van der Waals surface area contributed by atoms with Crippen molar-refractivity contribution in [2.24, 2.45) is 0 Å². The van der Waals surface area contributed by atoms with Gasteiger partial charge in [-0.3, -0.25) is 0 Å². The molecule has 1 aliphatic carbocycles. The van der Waals surface area contributed by atoms with E-state index < -0.39 is 0 Å². The van der Waals surface area contributed by atoms with E-state index in [2.05, 4.69) is 31.2 Å². The van der Waals surface area contributed by atoms with Crippen molar-refractivity contribution < 1.29 is 0 Å². The Morgan fingerprint density at radius 2 is 2.15 bits per heavy atom. The summed E-state index contributed by atoms with van der Waals surface area (Å²) in [5.74, 6) is 1.71. The van der Waals surface area contributed by atoms with Crippen LogP contribution in [0.5, 0.6) is 0 Å². The van der Waals surface area contributed by atoms with E-state index in [0.717, 1.165) is 55.3 Å². The summed E-state index contributed by atoms with van der Waals surface area (Å²) in [6.07, 6.45) is 4.79. The Bertz CT molecular complexity index is 1030. The van der Waals surface area contributed by atoms with Crippen LogP contribution < -0.4 is 9.80 Å². The Morgan fingerprint density at radius 3 is 3.00 bits per heavy atom. The molecule has 8 heteroatoms. The molecule has 1 aliphatic heterocycles. The van der Waals surface area contributed by atoms with Crippen molar-refractivity contribution in [3.8, 4) is 6.07 Å². The molecule has 26 heavy (non-hydrogen) atoms. The molecule has 0 saturated carbocycles. The van der Waals surface area contributed by atoms with Crippen LogP contribution in [-0.4, -0.2) is 51.0 Å². The molecule has 1 saturated heterocycles. The molecule has 4 heterocycles. The van der Waals surface area contributed by atoms with Crippen LogP contribution in [0.2, 0.25) is 0 Å². The highest BCUT2D eigenvalue weighted by Crippen LogP contribution is 2.30. The molecule has 8 nitrogen and oxygen atoms in total. The molecular weight excluding hydrogens is 328 g/mol. The van der Waals surface area contributed by atoms with Gasteiger partial charge in [-0.15, -0.1) is 15.3 Å². The molecule has 0 amide bonds. The van der Waals surface area contributed by atoms with E-state index in [0.29, 0.717) is 11.6 Å². The molecule has 0 unspecified atom stereocenters. The summed E-state index contributed by atoms with van der Waals surface area (Å²) < 4.78 is 1.68. The molecule has 5 rings (SSSR count). The lowest BCUT2D eigenvalue weighted by atomic mass is 10.1. The van der Waals surface area contributed by atoms with Crippen molar-refractivity contribution in [1.29, 1.82) is 5.26 Å². The lowest BCUT2D eigenvalue weighted by Crippen LogP contribution is -2.59.